The van der Waals surface area contributed by atoms with Gasteiger partial charge in [-0.25, -0.2) is 0 Å². The molecule has 1 N–H and O–H groups in total. The summed E-state index contributed by atoms with van der Waals surface area (Å²) in [6.07, 6.45) is 2.18. The van der Waals surface area contributed by atoms with Crippen molar-refractivity contribution in [3.8, 4) is 5.75 Å². The maximum absolute atomic E-state index is 5.97. The quantitative estimate of drug-likeness (QED) is 0.795. The van der Waals surface area contributed by atoms with E-state index in [9.17, 15) is 0 Å². The maximum Gasteiger partial charge on any atom is 0.123 e. The van der Waals surface area contributed by atoms with Gasteiger partial charge in [0.25, 0.3) is 0 Å². The standard InChI is InChI=1S/C13H19NO2/c1-13(2)7-6-11-5-4-10(9-14-15-3)8-12(11)16-13/h4-5,8,14H,6-7,9H2,1-3H3. The van der Waals surface area contributed by atoms with Crippen LogP contribution in [-0.4, -0.2) is 12.7 Å². The van der Waals surface area contributed by atoms with Crippen LogP contribution in [0.3, 0.4) is 0 Å². The molecule has 3 heteroatoms. The van der Waals surface area contributed by atoms with Gasteiger partial charge >= 0.3 is 0 Å². The van der Waals surface area contributed by atoms with Crippen molar-refractivity contribution in [2.24, 2.45) is 0 Å². The van der Waals surface area contributed by atoms with E-state index in [1.807, 2.05) is 0 Å². The van der Waals surface area contributed by atoms with Crippen molar-refractivity contribution in [1.29, 1.82) is 0 Å². The molecule has 1 heterocycles. The third-order valence-corrected chi connectivity index (χ3v) is 2.93. The first kappa shape index (κ1) is 11.4. The summed E-state index contributed by atoms with van der Waals surface area (Å²) in [5, 5.41) is 0. The van der Waals surface area contributed by atoms with E-state index in [-0.39, 0.29) is 5.60 Å². The average Bonchev–Trinajstić information content (AvgIpc) is 2.24. The van der Waals surface area contributed by atoms with Gasteiger partial charge in [-0.1, -0.05) is 12.1 Å². The van der Waals surface area contributed by atoms with Gasteiger partial charge in [-0.15, -0.1) is 0 Å². The smallest absolute Gasteiger partial charge is 0.123 e. The van der Waals surface area contributed by atoms with Crippen molar-refractivity contribution in [3.05, 3.63) is 29.3 Å². The van der Waals surface area contributed by atoms with Crippen molar-refractivity contribution in [2.75, 3.05) is 7.11 Å². The van der Waals surface area contributed by atoms with Crippen molar-refractivity contribution >= 4 is 0 Å². The molecule has 3 nitrogen and oxygen atoms in total. The number of fused-ring (bicyclic) bond motifs is 1. The van der Waals surface area contributed by atoms with E-state index in [0.717, 1.165) is 18.6 Å². The Balaban J connectivity index is 2.17. The van der Waals surface area contributed by atoms with Gasteiger partial charge < -0.3 is 9.57 Å². The summed E-state index contributed by atoms with van der Waals surface area (Å²) < 4.78 is 5.97. The highest BCUT2D eigenvalue weighted by molar-refractivity contribution is 5.39. The molecule has 88 valence electrons. The lowest BCUT2D eigenvalue weighted by Crippen LogP contribution is -2.32. The lowest BCUT2D eigenvalue weighted by atomic mass is 9.93. The molecule has 1 aromatic rings. The number of hydrogen-bond donors (Lipinski definition) is 1. The normalized spacial score (nSPS) is 17.7. The van der Waals surface area contributed by atoms with Gasteiger partial charge in [0.1, 0.15) is 11.4 Å². The summed E-state index contributed by atoms with van der Waals surface area (Å²) in [6.45, 7) is 4.97. The fraction of sp³-hybridized carbons (Fsp3) is 0.538. The van der Waals surface area contributed by atoms with Gasteiger partial charge in [0, 0.05) is 6.54 Å². The van der Waals surface area contributed by atoms with Gasteiger partial charge in [0.15, 0.2) is 0 Å². The van der Waals surface area contributed by atoms with E-state index in [4.69, 9.17) is 9.57 Å². The molecule has 1 aromatic carbocycles. The summed E-state index contributed by atoms with van der Waals surface area (Å²) in [4.78, 5) is 4.84. The molecule has 1 aliphatic rings. The Morgan fingerprint density at radius 2 is 2.25 bits per heavy atom. The topological polar surface area (TPSA) is 30.5 Å². The van der Waals surface area contributed by atoms with Crippen LogP contribution in [0.2, 0.25) is 0 Å². The van der Waals surface area contributed by atoms with Crippen LogP contribution in [0.5, 0.6) is 5.75 Å². The Morgan fingerprint density at radius 3 is 3.00 bits per heavy atom. The van der Waals surface area contributed by atoms with E-state index < -0.39 is 0 Å². The van der Waals surface area contributed by atoms with E-state index in [0.29, 0.717) is 6.54 Å². The molecule has 1 aliphatic heterocycles. The fourth-order valence-corrected chi connectivity index (χ4v) is 1.95. The van der Waals surface area contributed by atoms with E-state index in [2.05, 4.69) is 37.5 Å². The Bertz CT molecular complexity index is 374. The number of hydroxylamine groups is 1. The third kappa shape index (κ3) is 2.54. The second-order valence-corrected chi connectivity index (χ2v) is 4.83. The van der Waals surface area contributed by atoms with Crippen LogP contribution in [-0.2, 0) is 17.8 Å². The number of ether oxygens (including phenoxy) is 1. The van der Waals surface area contributed by atoms with Crippen molar-refractivity contribution in [3.63, 3.8) is 0 Å². The highest BCUT2D eigenvalue weighted by Gasteiger charge is 2.26. The van der Waals surface area contributed by atoms with Crippen LogP contribution >= 0.6 is 0 Å². The highest BCUT2D eigenvalue weighted by atomic mass is 16.6. The lowest BCUT2D eigenvalue weighted by Gasteiger charge is -2.32. The minimum Gasteiger partial charge on any atom is -0.488 e. The largest absolute Gasteiger partial charge is 0.488 e. The summed E-state index contributed by atoms with van der Waals surface area (Å²) in [5.41, 5.74) is 5.28. The maximum atomic E-state index is 5.97. The van der Waals surface area contributed by atoms with Crippen LogP contribution in [0.1, 0.15) is 31.4 Å². The zero-order valence-corrected chi connectivity index (χ0v) is 10.2. The molecule has 0 spiro atoms. The molecule has 16 heavy (non-hydrogen) atoms. The number of hydrogen-bond acceptors (Lipinski definition) is 3. The Kier molecular flexibility index (Phi) is 3.17. The van der Waals surface area contributed by atoms with Crippen molar-refractivity contribution in [2.45, 2.75) is 38.8 Å². The molecule has 0 aromatic heterocycles. The molecule has 0 saturated carbocycles. The van der Waals surface area contributed by atoms with Gasteiger partial charge in [0.2, 0.25) is 0 Å². The van der Waals surface area contributed by atoms with Crippen LogP contribution in [0.15, 0.2) is 18.2 Å². The molecule has 0 unspecified atom stereocenters. The zero-order valence-electron chi connectivity index (χ0n) is 10.2. The van der Waals surface area contributed by atoms with Gasteiger partial charge in [-0.2, -0.15) is 5.48 Å². The molecular formula is C13H19NO2. The predicted molar refractivity (Wildman–Crippen MR) is 63.3 cm³/mol. The average molecular weight is 221 g/mol. The molecule has 0 radical (unpaired) electrons. The molecule has 0 bridgehead atoms. The molecule has 2 rings (SSSR count). The molecule has 0 amide bonds. The Hall–Kier alpha value is -1.06. The monoisotopic (exact) mass is 221 g/mol. The number of nitrogens with one attached hydrogen (secondary N) is 1. The number of benzene rings is 1. The molecule has 0 saturated heterocycles. The predicted octanol–water partition coefficient (Wildman–Crippen LogP) is 2.44. The Labute approximate surface area is 96.7 Å². The molecule has 0 aliphatic carbocycles. The Morgan fingerprint density at radius 1 is 1.44 bits per heavy atom. The summed E-state index contributed by atoms with van der Waals surface area (Å²) in [5.74, 6) is 1.02. The van der Waals surface area contributed by atoms with Gasteiger partial charge in [0.05, 0.1) is 7.11 Å². The van der Waals surface area contributed by atoms with E-state index >= 15 is 0 Å². The molecule has 0 atom stereocenters. The molecule has 0 fully saturated rings. The first-order valence-electron chi connectivity index (χ1n) is 5.67. The third-order valence-electron chi connectivity index (χ3n) is 2.93. The van der Waals surface area contributed by atoms with Crippen LogP contribution in [0.25, 0.3) is 0 Å². The molecular weight excluding hydrogens is 202 g/mol. The van der Waals surface area contributed by atoms with Crippen molar-refractivity contribution in [1.82, 2.24) is 5.48 Å². The fourth-order valence-electron chi connectivity index (χ4n) is 1.95. The summed E-state index contributed by atoms with van der Waals surface area (Å²) in [7, 11) is 1.62. The van der Waals surface area contributed by atoms with Crippen LogP contribution < -0.4 is 10.2 Å². The van der Waals surface area contributed by atoms with Crippen LogP contribution in [0.4, 0.5) is 0 Å². The number of aryl methyl sites for hydroxylation is 1. The van der Waals surface area contributed by atoms with Gasteiger partial charge in [-0.05, 0) is 43.9 Å². The first-order valence-corrected chi connectivity index (χ1v) is 5.67. The summed E-state index contributed by atoms with van der Waals surface area (Å²) >= 11 is 0. The van der Waals surface area contributed by atoms with E-state index in [1.54, 1.807) is 7.11 Å². The van der Waals surface area contributed by atoms with Gasteiger partial charge in [-0.3, -0.25) is 0 Å². The number of rotatable bonds is 3. The minimum atomic E-state index is -0.0414. The van der Waals surface area contributed by atoms with Crippen LogP contribution in [0, 0.1) is 0 Å². The SMILES string of the molecule is CONCc1ccc2c(c1)OC(C)(C)CC2. The first-order chi connectivity index (χ1) is 7.61. The van der Waals surface area contributed by atoms with E-state index in [1.165, 1.54) is 11.1 Å². The summed E-state index contributed by atoms with van der Waals surface area (Å²) in [6, 6.07) is 6.37. The lowest BCUT2D eigenvalue weighted by molar-refractivity contribution is 0.0818. The second kappa shape index (κ2) is 4.44. The highest BCUT2D eigenvalue weighted by Crippen LogP contribution is 2.33. The minimum absolute atomic E-state index is 0.0414. The van der Waals surface area contributed by atoms with Crippen molar-refractivity contribution < 1.29 is 9.57 Å². The second-order valence-electron chi connectivity index (χ2n) is 4.83. The zero-order chi connectivity index (χ0) is 11.6.